The lowest BCUT2D eigenvalue weighted by atomic mass is 10.2. The number of amides is 1. The third kappa shape index (κ3) is 3.52. The molecule has 0 fully saturated rings. The van der Waals surface area contributed by atoms with Crippen molar-refractivity contribution in [2.24, 2.45) is 5.10 Å². The standard InChI is InChI=1S/C15H10N6O4/c22-14-11-7-10(21(24)25)1-2-12(11)18-13(19-14)15(23)20-17-8-9-3-5-16-6-4-9/h1-8H,(H,20,23)(H,18,19,22)/b17-8-. The molecule has 10 heteroatoms. The van der Waals surface area contributed by atoms with E-state index < -0.39 is 16.4 Å². The van der Waals surface area contributed by atoms with E-state index in [9.17, 15) is 19.7 Å². The highest BCUT2D eigenvalue weighted by molar-refractivity contribution is 5.93. The van der Waals surface area contributed by atoms with Crippen LogP contribution in [-0.2, 0) is 0 Å². The van der Waals surface area contributed by atoms with E-state index in [1.807, 2.05) is 0 Å². The first kappa shape index (κ1) is 15.9. The third-order valence-electron chi connectivity index (χ3n) is 3.20. The van der Waals surface area contributed by atoms with Crippen LogP contribution in [0, 0.1) is 10.1 Å². The molecular formula is C15H10N6O4. The second-order valence-electron chi connectivity index (χ2n) is 4.85. The quantitative estimate of drug-likeness (QED) is 0.412. The molecule has 0 saturated carbocycles. The van der Waals surface area contributed by atoms with Crippen molar-refractivity contribution in [3.8, 4) is 0 Å². The highest BCUT2D eigenvalue weighted by Crippen LogP contribution is 2.16. The Bertz CT molecular complexity index is 1040. The summed E-state index contributed by atoms with van der Waals surface area (Å²) in [7, 11) is 0. The Balaban J connectivity index is 1.85. The van der Waals surface area contributed by atoms with Gasteiger partial charge in [-0.1, -0.05) is 0 Å². The molecular weight excluding hydrogens is 328 g/mol. The van der Waals surface area contributed by atoms with Gasteiger partial charge in [-0.25, -0.2) is 10.4 Å². The fourth-order valence-corrected chi connectivity index (χ4v) is 2.02. The average Bonchev–Trinajstić information content (AvgIpc) is 2.62. The van der Waals surface area contributed by atoms with Crippen molar-refractivity contribution >= 4 is 28.7 Å². The summed E-state index contributed by atoms with van der Waals surface area (Å²) in [5, 5.41) is 14.5. The second kappa shape index (κ2) is 6.66. The number of nitro benzene ring substituents is 1. The number of H-pyrrole nitrogens is 1. The zero-order valence-corrected chi connectivity index (χ0v) is 12.5. The first-order valence-corrected chi connectivity index (χ1v) is 6.96. The molecule has 1 amide bonds. The minimum Gasteiger partial charge on any atom is -0.302 e. The maximum Gasteiger partial charge on any atom is 0.307 e. The Kier molecular flexibility index (Phi) is 4.24. The van der Waals surface area contributed by atoms with Gasteiger partial charge in [0.25, 0.3) is 11.2 Å². The summed E-state index contributed by atoms with van der Waals surface area (Å²) in [5.74, 6) is -0.971. The summed E-state index contributed by atoms with van der Waals surface area (Å²) in [4.78, 5) is 44.3. The fraction of sp³-hybridized carbons (Fsp3) is 0. The van der Waals surface area contributed by atoms with E-state index in [1.165, 1.54) is 18.3 Å². The van der Waals surface area contributed by atoms with Gasteiger partial charge in [-0.15, -0.1) is 0 Å². The minimum absolute atomic E-state index is 0.0195. The molecule has 0 saturated heterocycles. The Labute approximate surface area is 139 Å². The summed E-state index contributed by atoms with van der Waals surface area (Å²) in [5.41, 5.74) is 2.23. The molecule has 0 aliphatic rings. The average molecular weight is 338 g/mol. The molecule has 25 heavy (non-hydrogen) atoms. The number of nitrogens with zero attached hydrogens (tertiary/aromatic N) is 4. The molecule has 0 atom stereocenters. The number of benzene rings is 1. The normalized spacial score (nSPS) is 10.9. The van der Waals surface area contributed by atoms with Crippen molar-refractivity contribution in [3.05, 3.63) is 74.6 Å². The predicted octanol–water partition coefficient (Wildman–Crippen LogP) is 0.990. The Morgan fingerprint density at radius 1 is 1.28 bits per heavy atom. The molecule has 124 valence electrons. The number of carbonyl (C=O) groups is 1. The largest absolute Gasteiger partial charge is 0.307 e. The fourth-order valence-electron chi connectivity index (χ4n) is 2.02. The minimum atomic E-state index is -0.720. The molecule has 0 bridgehead atoms. The van der Waals surface area contributed by atoms with E-state index in [0.29, 0.717) is 0 Å². The van der Waals surface area contributed by atoms with Crippen molar-refractivity contribution < 1.29 is 9.72 Å². The zero-order chi connectivity index (χ0) is 17.8. The van der Waals surface area contributed by atoms with Gasteiger partial charge in [-0.3, -0.25) is 24.7 Å². The van der Waals surface area contributed by atoms with E-state index in [-0.39, 0.29) is 22.4 Å². The molecule has 10 nitrogen and oxygen atoms in total. The van der Waals surface area contributed by atoms with Crippen LogP contribution < -0.4 is 11.0 Å². The lowest BCUT2D eigenvalue weighted by Gasteiger charge is -2.02. The molecule has 0 unspecified atom stereocenters. The number of non-ortho nitro benzene ring substituents is 1. The zero-order valence-electron chi connectivity index (χ0n) is 12.5. The molecule has 2 aromatic heterocycles. The highest BCUT2D eigenvalue weighted by atomic mass is 16.6. The van der Waals surface area contributed by atoms with Gasteiger partial charge in [0.2, 0.25) is 5.82 Å². The molecule has 2 heterocycles. The maximum absolute atomic E-state index is 12.0. The van der Waals surface area contributed by atoms with E-state index in [2.05, 4.69) is 25.5 Å². The van der Waals surface area contributed by atoms with Crippen LogP contribution in [0.15, 0.2) is 52.6 Å². The highest BCUT2D eigenvalue weighted by Gasteiger charge is 2.14. The summed E-state index contributed by atoms with van der Waals surface area (Å²) >= 11 is 0. The number of nitrogens with one attached hydrogen (secondary N) is 2. The monoisotopic (exact) mass is 338 g/mol. The lowest BCUT2D eigenvalue weighted by Crippen LogP contribution is -2.24. The van der Waals surface area contributed by atoms with Crippen molar-refractivity contribution in [2.45, 2.75) is 0 Å². The number of hydrazone groups is 1. The maximum atomic E-state index is 12.0. The van der Waals surface area contributed by atoms with Gasteiger partial charge in [0.15, 0.2) is 0 Å². The Morgan fingerprint density at radius 2 is 2.04 bits per heavy atom. The first-order chi connectivity index (χ1) is 12.0. The van der Waals surface area contributed by atoms with Crippen molar-refractivity contribution in [1.29, 1.82) is 0 Å². The van der Waals surface area contributed by atoms with Crippen LogP contribution in [0.25, 0.3) is 10.9 Å². The second-order valence-corrected chi connectivity index (χ2v) is 4.85. The van der Waals surface area contributed by atoms with Crippen molar-refractivity contribution in [2.75, 3.05) is 0 Å². The molecule has 0 aliphatic carbocycles. The third-order valence-corrected chi connectivity index (χ3v) is 3.20. The van der Waals surface area contributed by atoms with Gasteiger partial charge in [0.1, 0.15) is 0 Å². The number of carbonyl (C=O) groups excluding carboxylic acids is 1. The predicted molar refractivity (Wildman–Crippen MR) is 88.3 cm³/mol. The number of aromatic nitrogens is 3. The molecule has 2 N–H and O–H groups in total. The van der Waals surface area contributed by atoms with Crippen molar-refractivity contribution in [3.63, 3.8) is 0 Å². The number of fused-ring (bicyclic) bond motifs is 1. The van der Waals surface area contributed by atoms with Gasteiger partial charge in [0, 0.05) is 24.5 Å². The topological polar surface area (TPSA) is 143 Å². The van der Waals surface area contributed by atoms with Crippen LogP contribution in [0.1, 0.15) is 16.2 Å². The smallest absolute Gasteiger partial charge is 0.302 e. The number of pyridine rings is 1. The molecule has 3 rings (SSSR count). The lowest BCUT2D eigenvalue weighted by molar-refractivity contribution is -0.384. The van der Waals surface area contributed by atoms with Crippen LogP contribution in [0.2, 0.25) is 0 Å². The van der Waals surface area contributed by atoms with E-state index >= 15 is 0 Å². The summed E-state index contributed by atoms with van der Waals surface area (Å²) in [6.45, 7) is 0. The summed E-state index contributed by atoms with van der Waals surface area (Å²) in [6, 6.07) is 7.00. The van der Waals surface area contributed by atoms with Crippen LogP contribution in [0.4, 0.5) is 5.69 Å². The van der Waals surface area contributed by atoms with Crippen LogP contribution in [0.5, 0.6) is 0 Å². The molecule has 0 aliphatic heterocycles. The number of rotatable bonds is 4. The van der Waals surface area contributed by atoms with Gasteiger partial charge >= 0.3 is 5.91 Å². The van der Waals surface area contributed by atoms with Crippen LogP contribution in [0.3, 0.4) is 0 Å². The summed E-state index contributed by atoms with van der Waals surface area (Å²) < 4.78 is 0. The number of nitro groups is 1. The van der Waals surface area contributed by atoms with Gasteiger partial charge in [-0.2, -0.15) is 5.10 Å². The summed E-state index contributed by atoms with van der Waals surface area (Å²) in [6.07, 6.45) is 4.55. The van der Waals surface area contributed by atoms with Gasteiger partial charge < -0.3 is 4.98 Å². The molecule has 3 aromatic rings. The molecule has 1 aromatic carbocycles. The van der Waals surface area contributed by atoms with Crippen molar-refractivity contribution in [1.82, 2.24) is 20.4 Å². The molecule has 0 spiro atoms. The Morgan fingerprint density at radius 3 is 2.76 bits per heavy atom. The number of hydrogen-bond donors (Lipinski definition) is 2. The van der Waals surface area contributed by atoms with E-state index in [1.54, 1.807) is 24.5 Å². The van der Waals surface area contributed by atoms with Crippen LogP contribution in [-0.4, -0.2) is 32.0 Å². The van der Waals surface area contributed by atoms with Gasteiger partial charge in [-0.05, 0) is 23.8 Å². The Hall–Kier alpha value is -3.95. The van der Waals surface area contributed by atoms with Gasteiger partial charge in [0.05, 0.1) is 22.0 Å². The molecule has 0 radical (unpaired) electrons. The van der Waals surface area contributed by atoms with E-state index in [0.717, 1.165) is 11.6 Å². The first-order valence-electron chi connectivity index (χ1n) is 6.96. The van der Waals surface area contributed by atoms with Crippen LogP contribution >= 0.6 is 0 Å². The SMILES string of the molecule is O=C(N/N=C\c1ccncc1)c1nc2ccc([N+](=O)[O-])cc2c(=O)[nH]1. The number of hydrogen-bond acceptors (Lipinski definition) is 7. The number of aromatic amines is 1. The van der Waals surface area contributed by atoms with E-state index in [4.69, 9.17) is 0 Å².